The number of nitriles is 1. The number of aryl methyl sites for hydroxylation is 1. The van der Waals surface area contributed by atoms with Crippen molar-refractivity contribution in [3.8, 4) is 17.3 Å². The van der Waals surface area contributed by atoms with Crippen molar-refractivity contribution in [2.45, 2.75) is 6.92 Å². The number of benzene rings is 1. The third kappa shape index (κ3) is 3.20. The molecule has 0 saturated carbocycles. The molecular formula is C17H11BrN2S2. The van der Waals surface area contributed by atoms with E-state index in [-0.39, 0.29) is 0 Å². The Morgan fingerprint density at radius 2 is 2.18 bits per heavy atom. The van der Waals surface area contributed by atoms with Crippen LogP contribution in [0.25, 0.3) is 22.9 Å². The maximum absolute atomic E-state index is 9.44. The van der Waals surface area contributed by atoms with Crippen LogP contribution in [0.4, 0.5) is 0 Å². The Bertz CT molecular complexity index is 884. The maximum atomic E-state index is 9.44. The van der Waals surface area contributed by atoms with Crippen molar-refractivity contribution < 1.29 is 0 Å². The molecule has 0 spiro atoms. The van der Waals surface area contributed by atoms with Gasteiger partial charge in [0.2, 0.25) is 0 Å². The average molecular weight is 387 g/mol. The third-order valence-electron chi connectivity index (χ3n) is 3.15. The van der Waals surface area contributed by atoms with Crippen LogP contribution >= 0.6 is 38.6 Å². The quantitative estimate of drug-likeness (QED) is 0.517. The van der Waals surface area contributed by atoms with Crippen molar-refractivity contribution in [3.63, 3.8) is 0 Å². The van der Waals surface area contributed by atoms with Gasteiger partial charge in [-0.15, -0.1) is 22.7 Å². The van der Waals surface area contributed by atoms with Crippen LogP contribution in [0, 0.1) is 18.3 Å². The second-order valence-electron chi connectivity index (χ2n) is 4.69. The monoisotopic (exact) mass is 386 g/mol. The molecule has 22 heavy (non-hydrogen) atoms. The van der Waals surface area contributed by atoms with E-state index in [4.69, 9.17) is 0 Å². The van der Waals surface area contributed by atoms with Crippen LogP contribution in [-0.2, 0) is 0 Å². The lowest BCUT2D eigenvalue weighted by Crippen LogP contribution is -1.82. The molecule has 5 heteroatoms. The molecule has 0 amide bonds. The molecule has 3 rings (SSSR count). The second-order valence-corrected chi connectivity index (χ2v) is 7.41. The lowest BCUT2D eigenvalue weighted by Gasteiger charge is -1.97. The smallest absolute Gasteiger partial charge is 0.134 e. The second kappa shape index (κ2) is 6.57. The maximum Gasteiger partial charge on any atom is 0.134 e. The molecule has 0 unspecified atom stereocenters. The van der Waals surface area contributed by atoms with Crippen LogP contribution in [0.1, 0.15) is 15.4 Å². The lowest BCUT2D eigenvalue weighted by molar-refractivity contribution is 1.37. The van der Waals surface area contributed by atoms with E-state index in [2.05, 4.69) is 33.0 Å². The van der Waals surface area contributed by atoms with E-state index in [0.717, 1.165) is 25.6 Å². The van der Waals surface area contributed by atoms with E-state index >= 15 is 0 Å². The Morgan fingerprint density at radius 3 is 2.86 bits per heavy atom. The van der Waals surface area contributed by atoms with Gasteiger partial charge < -0.3 is 0 Å². The Kier molecular flexibility index (Phi) is 4.53. The number of rotatable bonds is 3. The molecule has 0 atom stereocenters. The molecular weight excluding hydrogens is 376 g/mol. The van der Waals surface area contributed by atoms with Gasteiger partial charge in [-0.1, -0.05) is 28.1 Å². The third-order valence-corrected chi connectivity index (χ3v) is 5.49. The first kappa shape index (κ1) is 15.2. The number of thiophene rings is 1. The highest BCUT2D eigenvalue weighted by Crippen LogP contribution is 2.29. The van der Waals surface area contributed by atoms with E-state index < -0.39 is 0 Å². The molecule has 0 N–H and O–H groups in total. The molecule has 2 aromatic heterocycles. The zero-order chi connectivity index (χ0) is 15.5. The summed E-state index contributed by atoms with van der Waals surface area (Å²) in [5.74, 6) is 0. The first-order valence-corrected chi connectivity index (χ1v) is 9.10. The zero-order valence-corrected chi connectivity index (χ0v) is 14.9. The number of allylic oxidation sites excluding steroid dienone is 1. The highest BCUT2D eigenvalue weighted by atomic mass is 79.9. The van der Waals surface area contributed by atoms with Crippen molar-refractivity contribution >= 4 is 50.3 Å². The van der Waals surface area contributed by atoms with Crippen LogP contribution in [0.15, 0.2) is 45.6 Å². The summed E-state index contributed by atoms with van der Waals surface area (Å²) in [5.41, 5.74) is 3.73. The molecule has 2 heterocycles. The van der Waals surface area contributed by atoms with Crippen molar-refractivity contribution in [2.75, 3.05) is 0 Å². The Labute approximate surface area is 145 Å². The van der Waals surface area contributed by atoms with Gasteiger partial charge in [-0.25, -0.2) is 4.98 Å². The van der Waals surface area contributed by atoms with Gasteiger partial charge in [-0.3, -0.25) is 0 Å². The van der Waals surface area contributed by atoms with Crippen molar-refractivity contribution in [2.24, 2.45) is 0 Å². The van der Waals surface area contributed by atoms with Gasteiger partial charge >= 0.3 is 0 Å². The minimum atomic E-state index is 0.608. The van der Waals surface area contributed by atoms with Crippen molar-refractivity contribution in [1.29, 1.82) is 5.26 Å². The molecule has 2 nitrogen and oxygen atoms in total. The predicted octanol–water partition coefficient (Wildman–Crippen LogP) is 6.01. The summed E-state index contributed by atoms with van der Waals surface area (Å²) < 4.78 is 1.02. The predicted molar refractivity (Wildman–Crippen MR) is 97.8 cm³/mol. The molecule has 0 saturated heterocycles. The largest absolute Gasteiger partial charge is 0.235 e. The fourth-order valence-electron chi connectivity index (χ4n) is 1.98. The van der Waals surface area contributed by atoms with Crippen LogP contribution in [-0.4, -0.2) is 4.98 Å². The van der Waals surface area contributed by atoms with Gasteiger partial charge in [0.1, 0.15) is 11.1 Å². The number of hydrogen-bond acceptors (Lipinski definition) is 4. The molecule has 1 aromatic carbocycles. The van der Waals surface area contributed by atoms with Crippen LogP contribution in [0.3, 0.4) is 0 Å². The standard InChI is InChI=1S/C17H11BrN2S2/c1-11-5-6-21-16(11)8-13(9-19)17-20-15(10-22-17)12-3-2-4-14(18)7-12/h2-8,10H,1H3/b13-8-. The molecule has 0 bridgehead atoms. The first-order valence-electron chi connectivity index (χ1n) is 6.55. The van der Waals surface area contributed by atoms with Crippen molar-refractivity contribution in [3.05, 3.63) is 61.0 Å². The number of halogens is 1. The minimum absolute atomic E-state index is 0.608. The lowest BCUT2D eigenvalue weighted by atomic mass is 10.2. The van der Waals surface area contributed by atoms with Gasteiger partial charge in [-0.05, 0) is 42.1 Å². The Balaban J connectivity index is 1.97. The summed E-state index contributed by atoms with van der Waals surface area (Å²) in [5, 5.41) is 14.2. The summed E-state index contributed by atoms with van der Waals surface area (Å²) in [6.45, 7) is 2.05. The SMILES string of the molecule is Cc1ccsc1/C=C(/C#N)c1nc(-c2cccc(Br)c2)cs1. The van der Waals surface area contributed by atoms with Crippen LogP contribution < -0.4 is 0 Å². The highest BCUT2D eigenvalue weighted by molar-refractivity contribution is 9.10. The Hall–Kier alpha value is -1.74. The summed E-state index contributed by atoms with van der Waals surface area (Å²) >= 11 is 6.60. The van der Waals surface area contributed by atoms with E-state index in [9.17, 15) is 5.26 Å². The van der Waals surface area contributed by atoms with Gasteiger partial charge in [0.25, 0.3) is 0 Å². The molecule has 0 aliphatic heterocycles. The molecule has 0 radical (unpaired) electrons. The van der Waals surface area contributed by atoms with Gasteiger partial charge in [-0.2, -0.15) is 5.26 Å². The number of nitrogens with zero attached hydrogens (tertiary/aromatic N) is 2. The Morgan fingerprint density at radius 1 is 1.32 bits per heavy atom. The molecule has 0 fully saturated rings. The highest BCUT2D eigenvalue weighted by Gasteiger charge is 2.10. The number of aromatic nitrogens is 1. The number of thiazole rings is 1. The van der Waals surface area contributed by atoms with Gasteiger partial charge in [0, 0.05) is 20.3 Å². The fourth-order valence-corrected chi connectivity index (χ4v) is 4.04. The van der Waals surface area contributed by atoms with Gasteiger partial charge in [0.05, 0.1) is 11.3 Å². The average Bonchev–Trinajstić information content (AvgIpc) is 3.14. The normalized spacial score (nSPS) is 11.4. The van der Waals surface area contributed by atoms with E-state index in [1.807, 2.05) is 48.0 Å². The fraction of sp³-hybridized carbons (Fsp3) is 0.0588. The summed E-state index contributed by atoms with van der Waals surface area (Å²) in [6, 6.07) is 12.3. The van der Waals surface area contributed by atoms with E-state index in [1.54, 1.807) is 11.3 Å². The first-order chi connectivity index (χ1) is 10.7. The zero-order valence-electron chi connectivity index (χ0n) is 11.7. The molecule has 108 valence electrons. The van der Waals surface area contributed by atoms with Crippen molar-refractivity contribution in [1.82, 2.24) is 4.98 Å². The van der Waals surface area contributed by atoms with E-state index in [1.165, 1.54) is 16.9 Å². The summed E-state index contributed by atoms with van der Waals surface area (Å²) in [7, 11) is 0. The number of hydrogen-bond donors (Lipinski definition) is 0. The molecule has 0 aliphatic carbocycles. The van der Waals surface area contributed by atoms with Gasteiger partial charge in [0.15, 0.2) is 0 Å². The minimum Gasteiger partial charge on any atom is -0.235 e. The molecule has 3 aromatic rings. The van der Waals surface area contributed by atoms with Crippen LogP contribution in [0.2, 0.25) is 0 Å². The van der Waals surface area contributed by atoms with E-state index in [0.29, 0.717) is 5.57 Å². The molecule has 0 aliphatic rings. The summed E-state index contributed by atoms with van der Waals surface area (Å²) in [4.78, 5) is 5.72. The van der Waals surface area contributed by atoms with Crippen LogP contribution in [0.5, 0.6) is 0 Å². The summed E-state index contributed by atoms with van der Waals surface area (Å²) in [6.07, 6.45) is 1.92. The topological polar surface area (TPSA) is 36.7 Å².